The van der Waals surface area contributed by atoms with Crippen molar-refractivity contribution in [3.63, 3.8) is 0 Å². The van der Waals surface area contributed by atoms with Crippen molar-refractivity contribution in [3.05, 3.63) is 97.2 Å². The summed E-state index contributed by atoms with van der Waals surface area (Å²) in [4.78, 5) is 13.1. The van der Waals surface area contributed by atoms with Crippen LogP contribution in [0.4, 0.5) is 0 Å². The maximum atomic E-state index is 13.1. The van der Waals surface area contributed by atoms with Crippen LogP contribution in [-0.2, 0) is 23.7 Å². The van der Waals surface area contributed by atoms with Gasteiger partial charge in [-0.25, -0.2) is 0 Å². The van der Waals surface area contributed by atoms with Crippen molar-refractivity contribution in [1.82, 2.24) is 5.32 Å². The molecule has 2 aliphatic heterocycles. The minimum Gasteiger partial charge on any atom is -0.394 e. The van der Waals surface area contributed by atoms with Gasteiger partial charge in [0.15, 0.2) is 12.6 Å². The van der Waals surface area contributed by atoms with Crippen molar-refractivity contribution in [2.24, 2.45) is 0 Å². The van der Waals surface area contributed by atoms with Crippen LogP contribution >= 0.6 is 0 Å². The maximum Gasteiger partial charge on any atom is 0.220 e. The molecule has 0 aromatic carbocycles. The van der Waals surface area contributed by atoms with Crippen LogP contribution in [0.25, 0.3) is 0 Å². The van der Waals surface area contributed by atoms with Crippen LogP contribution in [0.1, 0.15) is 136 Å². The Labute approximate surface area is 401 Å². The van der Waals surface area contributed by atoms with Gasteiger partial charge in [-0.15, -0.1) is 0 Å². The lowest BCUT2D eigenvalue weighted by molar-refractivity contribution is -0.359. The number of aliphatic hydroxyl groups excluding tert-OH is 8. The Balaban J connectivity index is 1.72. The molecule has 2 heterocycles. The minimum atomic E-state index is -1.79. The highest BCUT2D eigenvalue weighted by molar-refractivity contribution is 5.76. The maximum absolute atomic E-state index is 13.1. The molecule has 2 fully saturated rings. The van der Waals surface area contributed by atoms with E-state index >= 15 is 0 Å². The van der Waals surface area contributed by atoms with Gasteiger partial charge in [0, 0.05) is 6.42 Å². The fraction of sp³-hybridized carbons (Fsp3) is 0.679. The summed E-state index contributed by atoms with van der Waals surface area (Å²) in [5, 5.41) is 86.2. The Morgan fingerprint density at radius 2 is 1.03 bits per heavy atom. The average Bonchev–Trinajstić information content (AvgIpc) is 3.32. The van der Waals surface area contributed by atoms with Crippen molar-refractivity contribution in [1.29, 1.82) is 0 Å². The predicted molar refractivity (Wildman–Crippen MR) is 262 cm³/mol. The summed E-state index contributed by atoms with van der Waals surface area (Å²) >= 11 is 0. The second-order valence-corrected chi connectivity index (χ2v) is 17.2. The smallest absolute Gasteiger partial charge is 0.220 e. The molecule has 0 aromatic rings. The zero-order chi connectivity index (χ0) is 48.9. The molecule has 0 radical (unpaired) electrons. The van der Waals surface area contributed by atoms with Crippen LogP contribution in [0.5, 0.6) is 0 Å². The molecule has 0 aliphatic carbocycles. The number of nitrogens with one attached hydrogen (secondary N) is 1. The van der Waals surface area contributed by atoms with Crippen molar-refractivity contribution < 1.29 is 64.6 Å². The predicted octanol–water partition coefficient (Wildman–Crippen LogP) is 6.37. The first kappa shape index (κ1) is 60.0. The number of rotatable bonds is 36. The molecule has 12 unspecified atom stereocenters. The van der Waals surface area contributed by atoms with E-state index in [4.69, 9.17) is 18.9 Å². The quantitative estimate of drug-likeness (QED) is 0.0246. The molecule has 2 saturated heterocycles. The summed E-state index contributed by atoms with van der Waals surface area (Å²) in [6.07, 6.45) is 35.0. The second kappa shape index (κ2) is 38.7. The molecule has 382 valence electrons. The van der Waals surface area contributed by atoms with Crippen molar-refractivity contribution in [2.45, 2.75) is 209 Å². The fourth-order valence-electron chi connectivity index (χ4n) is 7.44. The number of carbonyl (C=O) groups excluding carboxylic acids is 1. The van der Waals surface area contributed by atoms with Crippen LogP contribution in [0.2, 0.25) is 0 Å². The highest BCUT2D eigenvalue weighted by Gasteiger charge is 2.51. The van der Waals surface area contributed by atoms with Gasteiger partial charge in [-0.3, -0.25) is 4.79 Å². The normalized spacial score (nSPS) is 27.4. The number of amides is 1. The van der Waals surface area contributed by atoms with E-state index in [1.807, 2.05) is 6.08 Å². The Hall–Kier alpha value is -3.09. The van der Waals surface area contributed by atoms with E-state index in [-0.39, 0.29) is 18.9 Å². The lowest BCUT2D eigenvalue weighted by atomic mass is 9.97. The molecule has 67 heavy (non-hydrogen) atoms. The number of allylic oxidation sites excluding steroid dienone is 15. The van der Waals surface area contributed by atoms with Gasteiger partial charge in [0.25, 0.3) is 0 Å². The zero-order valence-electron chi connectivity index (χ0n) is 40.3. The highest BCUT2D eigenvalue weighted by atomic mass is 16.7. The molecule has 2 rings (SSSR count). The third kappa shape index (κ3) is 25.9. The van der Waals surface area contributed by atoms with Gasteiger partial charge in [-0.2, -0.15) is 0 Å². The van der Waals surface area contributed by atoms with E-state index in [0.717, 1.165) is 109 Å². The Bertz CT molecular complexity index is 1490. The number of unbranched alkanes of at least 4 members (excludes halogenated alkanes) is 9. The molecule has 14 nitrogen and oxygen atoms in total. The topological polar surface area (TPSA) is 228 Å². The molecule has 1 amide bonds. The summed E-state index contributed by atoms with van der Waals surface area (Å²) in [5.41, 5.74) is 0. The van der Waals surface area contributed by atoms with Crippen molar-refractivity contribution in [3.8, 4) is 0 Å². The average molecular weight is 946 g/mol. The van der Waals surface area contributed by atoms with Gasteiger partial charge < -0.3 is 65.1 Å². The number of hydrogen-bond donors (Lipinski definition) is 9. The molecule has 0 spiro atoms. The first-order valence-electron chi connectivity index (χ1n) is 25.0. The lowest BCUT2D eigenvalue weighted by Crippen LogP contribution is -2.65. The second-order valence-electron chi connectivity index (χ2n) is 17.2. The van der Waals surface area contributed by atoms with E-state index in [1.54, 1.807) is 6.08 Å². The first-order chi connectivity index (χ1) is 32.6. The van der Waals surface area contributed by atoms with Gasteiger partial charge in [0.05, 0.1) is 32.0 Å². The Kier molecular flexibility index (Phi) is 34.7. The largest absolute Gasteiger partial charge is 0.394 e. The molecule has 9 N–H and O–H groups in total. The Morgan fingerprint density at radius 1 is 0.552 bits per heavy atom. The molecular weight excluding hydrogens is 859 g/mol. The summed E-state index contributed by atoms with van der Waals surface area (Å²) < 4.78 is 22.5. The number of ether oxygens (including phenoxy) is 4. The summed E-state index contributed by atoms with van der Waals surface area (Å²) in [6.45, 7) is 2.53. The van der Waals surface area contributed by atoms with Crippen molar-refractivity contribution in [2.75, 3.05) is 19.8 Å². The summed E-state index contributed by atoms with van der Waals surface area (Å²) in [7, 11) is 0. The SMILES string of the molecule is CC/C=C\C/C=C\C/C=C\C/C=C\C/C=C\C/C=C\C/C=C\CCCCCCCC(=O)NC(COC1OC(CO)C(OC2OC(CO)C(O)C(O)C2O)C(O)C1O)C(O)/C=C/CCCCCC. The third-order valence-electron chi connectivity index (χ3n) is 11.5. The van der Waals surface area contributed by atoms with Crippen LogP contribution in [-0.4, -0.2) is 140 Å². The zero-order valence-corrected chi connectivity index (χ0v) is 40.3. The number of carbonyl (C=O) groups is 1. The first-order valence-corrected chi connectivity index (χ1v) is 25.0. The van der Waals surface area contributed by atoms with Crippen molar-refractivity contribution >= 4 is 5.91 Å². The van der Waals surface area contributed by atoms with E-state index in [2.05, 4.69) is 104 Å². The molecule has 12 atom stereocenters. The molecule has 0 aromatic heterocycles. The molecule has 14 heteroatoms. The highest BCUT2D eigenvalue weighted by Crippen LogP contribution is 2.30. The third-order valence-corrected chi connectivity index (χ3v) is 11.5. The van der Waals surface area contributed by atoms with E-state index in [1.165, 1.54) is 0 Å². The van der Waals surface area contributed by atoms with Gasteiger partial charge in [0.2, 0.25) is 5.91 Å². The van der Waals surface area contributed by atoms with Crippen LogP contribution in [0.3, 0.4) is 0 Å². The summed E-state index contributed by atoms with van der Waals surface area (Å²) in [5.74, 6) is -0.271. The molecule has 2 aliphatic rings. The van der Waals surface area contributed by atoms with E-state index < -0.39 is 86.8 Å². The van der Waals surface area contributed by atoms with Gasteiger partial charge in [0.1, 0.15) is 48.8 Å². The molecule has 0 saturated carbocycles. The van der Waals surface area contributed by atoms with E-state index in [0.29, 0.717) is 6.42 Å². The molecule has 0 bridgehead atoms. The minimum absolute atomic E-state index is 0.251. The van der Waals surface area contributed by atoms with Gasteiger partial charge >= 0.3 is 0 Å². The fourth-order valence-corrected chi connectivity index (χ4v) is 7.44. The Morgan fingerprint density at radius 3 is 1.58 bits per heavy atom. The van der Waals surface area contributed by atoms with Crippen LogP contribution in [0.15, 0.2) is 97.2 Å². The molecular formula is C53H87NO13. The number of hydrogen-bond acceptors (Lipinski definition) is 13. The van der Waals surface area contributed by atoms with Gasteiger partial charge in [-0.1, -0.05) is 150 Å². The van der Waals surface area contributed by atoms with Crippen LogP contribution < -0.4 is 5.32 Å². The summed E-state index contributed by atoms with van der Waals surface area (Å²) in [6, 6.07) is -0.928. The van der Waals surface area contributed by atoms with Crippen LogP contribution in [0, 0.1) is 0 Å². The van der Waals surface area contributed by atoms with Gasteiger partial charge in [-0.05, 0) is 77.0 Å². The van der Waals surface area contributed by atoms with E-state index in [9.17, 15) is 45.6 Å². The lowest BCUT2D eigenvalue weighted by Gasteiger charge is -2.46. The standard InChI is InChI=1S/C53H87NO13/c1-3-5-7-9-11-12-13-14-15-16-17-18-19-20-21-22-23-24-25-26-27-28-29-30-31-33-35-37-45(58)54-41(42(57)36-34-32-10-8-6-4-2)40-64-52-50(63)48(61)51(44(39-56)66-52)67-53-49(62)47(60)46(59)43(38-55)65-53/h5,7,11-12,14-15,17-18,20-21,23-24,26-27,34,36,41-44,46-53,55-57,59-63H,3-4,6,8-10,13,16,19,22,25,28-33,35,37-40H2,1-2H3,(H,54,58)/b7-5-,12-11-,15-14-,18-17-,21-20-,24-23-,27-26-,36-34+. The number of aliphatic hydroxyl groups is 8. The monoisotopic (exact) mass is 946 g/mol.